The van der Waals surface area contributed by atoms with E-state index in [0.717, 1.165) is 5.56 Å². The van der Waals surface area contributed by atoms with Gasteiger partial charge in [0.25, 0.3) is 0 Å². The number of ether oxygens (including phenoxy) is 1. The molecule has 98 valence electrons. The minimum atomic E-state index is -1.88. The van der Waals surface area contributed by atoms with Crippen LogP contribution in [0, 0.1) is 5.82 Å². The van der Waals surface area contributed by atoms with Gasteiger partial charge in [-0.05, 0) is 17.7 Å². The molecule has 2 aromatic carbocycles. The molecule has 0 radical (unpaired) electrons. The lowest BCUT2D eigenvalue weighted by atomic mass is 9.80. The van der Waals surface area contributed by atoms with Crippen molar-refractivity contribution < 1.29 is 19.2 Å². The lowest BCUT2D eigenvalue weighted by Gasteiger charge is -2.11. The predicted molar refractivity (Wildman–Crippen MR) is 74.7 cm³/mol. The maximum absolute atomic E-state index is 13.9. The predicted octanol–water partition coefficient (Wildman–Crippen LogP) is 1.85. The zero-order chi connectivity index (χ0) is 13.8. The van der Waals surface area contributed by atoms with E-state index in [9.17, 15) is 4.39 Å². The fraction of sp³-hybridized carbons (Fsp3) is 0.0769. The van der Waals surface area contributed by atoms with Crippen LogP contribution < -0.4 is 10.2 Å². The first-order chi connectivity index (χ1) is 9.08. The summed E-state index contributed by atoms with van der Waals surface area (Å²) < 4.78 is 19.8. The lowest BCUT2D eigenvalue weighted by molar-refractivity contribution is 0.290. The Hall–Kier alpha value is -1.37. The van der Waals surface area contributed by atoms with E-state index in [1.807, 2.05) is 30.3 Å². The van der Waals surface area contributed by atoms with Crippen molar-refractivity contribution in [1.82, 2.24) is 0 Å². The van der Waals surface area contributed by atoms with Crippen LogP contribution in [-0.4, -0.2) is 17.2 Å². The molecule has 6 heteroatoms. The van der Waals surface area contributed by atoms with E-state index >= 15 is 0 Å². The average molecular weight is 325 g/mol. The molecule has 0 amide bonds. The summed E-state index contributed by atoms with van der Waals surface area (Å²) >= 11 is 3.17. The quantitative estimate of drug-likeness (QED) is 0.844. The number of rotatable bonds is 4. The van der Waals surface area contributed by atoms with E-state index in [0.29, 0.717) is 4.47 Å². The highest BCUT2D eigenvalue weighted by atomic mass is 79.9. The molecule has 0 aliphatic heterocycles. The molecule has 3 nitrogen and oxygen atoms in total. The Morgan fingerprint density at radius 2 is 1.84 bits per heavy atom. The number of halogens is 2. The molecule has 0 atom stereocenters. The number of hydrogen-bond donors (Lipinski definition) is 2. The summed E-state index contributed by atoms with van der Waals surface area (Å²) in [4.78, 5) is 0. The van der Waals surface area contributed by atoms with Crippen LogP contribution in [0.4, 0.5) is 4.39 Å². The summed E-state index contributed by atoms with van der Waals surface area (Å²) in [5.41, 5.74) is 0.672. The molecule has 2 N–H and O–H groups in total. The van der Waals surface area contributed by atoms with Gasteiger partial charge < -0.3 is 14.8 Å². The van der Waals surface area contributed by atoms with Gasteiger partial charge in [0.05, 0.1) is 0 Å². The Morgan fingerprint density at radius 3 is 2.47 bits per heavy atom. The zero-order valence-electron chi connectivity index (χ0n) is 9.88. The maximum Gasteiger partial charge on any atom is 0.491 e. The van der Waals surface area contributed by atoms with E-state index in [2.05, 4.69) is 15.9 Å². The van der Waals surface area contributed by atoms with Crippen LogP contribution in [0.1, 0.15) is 5.56 Å². The second-order valence-corrected chi connectivity index (χ2v) is 4.87. The van der Waals surface area contributed by atoms with E-state index < -0.39 is 12.9 Å². The molecular formula is C13H11BBrFO3. The summed E-state index contributed by atoms with van der Waals surface area (Å²) in [6.07, 6.45) is 0. The van der Waals surface area contributed by atoms with Gasteiger partial charge in [-0.15, -0.1) is 0 Å². The smallest absolute Gasteiger partial charge is 0.486 e. The van der Waals surface area contributed by atoms with Crippen molar-refractivity contribution in [2.75, 3.05) is 0 Å². The fourth-order valence-corrected chi connectivity index (χ4v) is 2.07. The van der Waals surface area contributed by atoms with Crippen molar-refractivity contribution in [3.63, 3.8) is 0 Å². The lowest BCUT2D eigenvalue weighted by Crippen LogP contribution is -2.33. The largest absolute Gasteiger partial charge is 0.491 e. The van der Waals surface area contributed by atoms with Crippen LogP contribution in [0.25, 0.3) is 0 Å². The molecule has 19 heavy (non-hydrogen) atoms. The monoisotopic (exact) mass is 324 g/mol. The van der Waals surface area contributed by atoms with Crippen LogP contribution in [0.2, 0.25) is 0 Å². The molecule has 0 spiro atoms. The molecule has 0 aliphatic rings. The SMILES string of the molecule is OB(O)c1cc(Br)cc(OCc2ccccc2)c1F. The maximum atomic E-state index is 13.9. The van der Waals surface area contributed by atoms with Crippen molar-refractivity contribution in [3.05, 3.63) is 58.3 Å². The Bertz CT molecular complexity index is 563. The molecule has 0 fully saturated rings. The van der Waals surface area contributed by atoms with Crippen molar-refractivity contribution >= 4 is 28.5 Å². The summed E-state index contributed by atoms with van der Waals surface area (Å²) in [5, 5.41) is 18.2. The first-order valence-electron chi connectivity index (χ1n) is 5.59. The summed E-state index contributed by atoms with van der Waals surface area (Å²) in [6.45, 7) is 0.204. The van der Waals surface area contributed by atoms with Crippen LogP contribution >= 0.6 is 15.9 Å². The Balaban J connectivity index is 2.21. The molecule has 0 bridgehead atoms. The van der Waals surface area contributed by atoms with E-state index in [1.54, 1.807) is 0 Å². The van der Waals surface area contributed by atoms with Gasteiger partial charge in [0.1, 0.15) is 6.61 Å². The van der Waals surface area contributed by atoms with Crippen molar-refractivity contribution in [3.8, 4) is 5.75 Å². The fourth-order valence-electron chi connectivity index (χ4n) is 1.61. The molecular weight excluding hydrogens is 314 g/mol. The highest BCUT2D eigenvalue weighted by molar-refractivity contribution is 9.10. The standard InChI is InChI=1S/C13H11BBrFO3/c15-10-6-11(14(17)18)13(16)12(7-10)19-8-9-4-2-1-3-5-9/h1-7,17-18H,8H2. The minimum absolute atomic E-state index is 0.0265. The third-order valence-electron chi connectivity index (χ3n) is 2.55. The molecule has 0 saturated carbocycles. The summed E-state index contributed by atoms with van der Waals surface area (Å²) in [5.74, 6) is -0.796. The van der Waals surface area contributed by atoms with Crippen molar-refractivity contribution in [1.29, 1.82) is 0 Å². The van der Waals surface area contributed by atoms with Gasteiger partial charge in [0, 0.05) is 9.94 Å². The Kier molecular flexibility index (Phi) is 4.58. The second-order valence-electron chi connectivity index (χ2n) is 3.96. The van der Waals surface area contributed by atoms with E-state index in [-0.39, 0.29) is 17.8 Å². The van der Waals surface area contributed by atoms with Crippen LogP contribution in [0.15, 0.2) is 46.9 Å². The van der Waals surface area contributed by atoms with Gasteiger partial charge in [-0.2, -0.15) is 0 Å². The molecule has 0 unspecified atom stereocenters. The van der Waals surface area contributed by atoms with Crippen LogP contribution in [-0.2, 0) is 6.61 Å². The topological polar surface area (TPSA) is 49.7 Å². The first-order valence-corrected chi connectivity index (χ1v) is 6.39. The van der Waals surface area contributed by atoms with E-state index in [1.165, 1.54) is 12.1 Å². The number of hydrogen-bond acceptors (Lipinski definition) is 3. The Labute approximate surface area is 118 Å². The minimum Gasteiger partial charge on any atom is -0.486 e. The van der Waals surface area contributed by atoms with E-state index in [4.69, 9.17) is 14.8 Å². The van der Waals surface area contributed by atoms with Gasteiger partial charge in [0.15, 0.2) is 11.6 Å². The zero-order valence-corrected chi connectivity index (χ0v) is 11.5. The second kappa shape index (κ2) is 6.19. The third-order valence-corrected chi connectivity index (χ3v) is 3.01. The third kappa shape index (κ3) is 3.56. The molecule has 0 aromatic heterocycles. The van der Waals surface area contributed by atoms with Gasteiger partial charge in [0.2, 0.25) is 0 Å². The van der Waals surface area contributed by atoms with Crippen molar-refractivity contribution in [2.45, 2.75) is 6.61 Å². The first kappa shape index (κ1) is 14.1. The van der Waals surface area contributed by atoms with Gasteiger partial charge in [-0.1, -0.05) is 46.3 Å². The molecule has 2 rings (SSSR count). The van der Waals surface area contributed by atoms with Crippen molar-refractivity contribution in [2.24, 2.45) is 0 Å². The summed E-state index contributed by atoms with van der Waals surface area (Å²) in [6, 6.07) is 12.1. The van der Waals surface area contributed by atoms with Crippen LogP contribution in [0.3, 0.4) is 0 Å². The van der Waals surface area contributed by atoms with Gasteiger partial charge in [-0.25, -0.2) is 4.39 Å². The molecule has 0 heterocycles. The van der Waals surface area contributed by atoms with Gasteiger partial charge in [-0.3, -0.25) is 0 Å². The Morgan fingerprint density at radius 1 is 1.16 bits per heavy atom. The van der Waals surface area contributed by atoms with Gasteiger partial charge >= 0.3 is 7.12 Å². The normalized spacial score (nSPS) is 10.3. The summed E-state index contributed by atoms with van der Waals surface area (Å²) in [7, 11) is -1.88. The molecule has 0 aliphatic carbocycles. The molecule has 2 aromatic rings. The van der Waals surface area contributed by atoms with Crippen LogP contribution in [0.5, 0.6) is 5.75 Å². The highest BCUT2D eigenvalue weighted by Gasteiger charge is 2.21. The average Bonchev–Trinajstić information content (AvgIpc) is 2.40. The highest BCUT2D eigenvalue weighted by Crippen LogP contribution is 2.22. The number of benzene rings is 2. The molecule has 0 saturated heterocycles.